The molecule has 0 amide bonds. The third kappa shape index (κ3) is 5.64. The van der Waals surface area contributed by atoms with E-state index < -0.39 is 0 Å². The number of pyridine rings is 1. The fourth-order valence-electron chi connectivity index (χ4n) is 3.47. The molecular formula is C22H24N10S. The Kier molecular flexibility index (Phi) is 6.42. The molecule has 168 valence electrons. The van der Waals surface area contributed by atoms with Crippen LogP contribution in [0.5, 0.6) is 0 Å². The quantitative estimate of drug-likeness (QED) is 0.380. The van der Waals surface area contributed by atoms with Crippen molar-refractivity contribution in [3.8, 4) is 11.5 Å². The molecular weight excluding hydrogens is 436 g/mol. The molecule has 1 saturated heterocycles. The van der Waals surface area contributed by atoms with Gasteiger partial charge in [-0.1, -0.05) is 6.07 Å². The fraction of sp³-hybridized carbons (Fsp3) is 0.273. The highest BCUT2D eigenvalue weighted by atomic mass is 32.1. The van der Waals surface area contributed by atoms with Crippen molar-refractivity contribution in [2.24, 2.45) is 0 Å². The van der Waals surface area contributed by atoms with Crippen LogP contribution in [-0.2, 0) is 6.54 Å². The molecule has 0 atom stereocenters. The first-order valence-corrected chi connectivity index (χ1v) is 11.6. The van der Waals surface area contributed by atoms with Crippen LogP contribution in [0.2, 0.25) is 0 Å². The van der Waals surface area contributed by atoms with Crippen LogP contribution in [0.4, 0.5) is 22.7 Å². The standard InChI is InChI=1S/C22H24N10S/c1-15-3-2-4-17(26-15)20-24-7-5-18(29-20)28-19-6-8-25-21(30-19)31-22-27-16(14-33-22)13-32-11-9-23-10-12-32/h2-8,14,23H,9-13H2,1H3,(H2,24,25,27,28,29,30,31). The molecule has 0 spiro atoms. The summed E-state index contributed by atoms with van der Waals surface area (Å²) >= 11 is 1.55. The first kappa shape index (κ1) is 21.3. The normalized spacial score (nSPS) is 14.2. The zero-order valence-corrected chi connectivity index (χ0v) is 19.0. The molecule has 10 nitrogen and oxygen atoms in total. The molecule has 5 heterocycles. The minimum atomic E-state index is 0.470. The summed E-state index contributed by atoms with van der Waals surface area (Å²) in [5.74, 6) is 2.26. The third-order valence-corrected chi connectivity index (χ3v) is 5.86. The van der Waals surface area contributed by atoms with Crippen molar-refractivity contribution in [1.29, 1.82) is 0 Å². The lowest BCUT2D eigenvalue weighted by Gasteiger charge is -2.26. The van der Waals surface area contributed by atoms with E-state index in [4.69, 9.17) is 0 Å². The number of hydrogen-bond donors (Lipinski definition) is 3. The van der Waals surface area contributed by atoms with Gasteiger partial charge in [-0.3, -0.25) is 10.2 Å². The first-order chi connectivity index (χ1) is 16.2. The van der Waals surface area contributed by atoms with Gasteiger partial charge in [-0.05, 0) is 31.2 Å². The summed E-state index contributed by atoms with van der Waals surface area (Å²) in [6.45, 7) is 6.94. The minimum absolute atomic E-state index is 0.470. The number of thiazole rings is 1. The maximum absolute atomic E-state index is 4.68. The maximum Gasteiger partial charge on any atom is 0.230 e. The third-order valence-electron chi connectivity index (χ3n) is 5.05. The van der Waals surface area contributed by atoms with Crippen LogP contribution in [0.3, 0.4) is 0 Å². The summed E-state index contributed by atoms with van der Waals surface area (Å²) in [4.78, 5) is 29.3. The topological polar surface area (TPSA) is 117 Å². The SMILES string of the molecule is Cc1cccc(-c2nccc(Nc3ccnc(Nc4nc(CN5CCNCC5)cs4)n3)n2)n1. The van der Waals surface area contributed by atoms with E-state index >= 15 is 0 Å². The van der Waals surface area contributed by atoms with E-state index in [9.17, 15) is 0 Å². The van der Waals surface area contributed by atoms with Crippen molar-refractivity contribution in [2.75, 3.05) is 36.8 Å². The Bertz CT molecular complexity index is 1220. The second-order valence-electron chi connectivity index (χ2n) is 7.62. The van der Waals surface area contributed by atoms with Crippen molar-refractivity contribution < 1.29 is 0 Å². The largest absolute Gasteiger partial charge is 0.325 e. The second kappa shape index (κ2) is 9.94. The number of anilines is 4. The summed E-state index contributed by atoms with van der Waals surface area (Å²) < 4.78 is 0. The molecule has 3 N–H and O–H groups in total. The highest BCUT2D eigenvalue weighted by Gasteiger charge is 2.13. The van der Waals surface area contributed by atoms with Gasteiger partial charge in [0.15, 0.2) is 11.0 Å². The van der Waals surface area contributed by atoms with Gasteiger partial charge in [-0.25, -0.2) is 24.9 Å². The molecule has 0 saturated carbocycles. The number of aromatic nitrogens is 6. The molecule has 0 bridgehead atoms. The summed E-state index contributed by atoms with van der Waals surface area (Å²) in [6, 6.07) is 9.35. The number of rotatable bonds is 7. The number of nitrogens with zero attached hydrogens (tertiary/aromatic N) is 7. The molecule has 0 aliphatic carbocycles. The lowest BCUT2D eigenvalue weighted by atomic mass is 10.3. The van der Waals surface area contributed by atoms with Crippen molar-refractivity contribution in [1.82, 2.24) is 40.1 Å². The Morgan fingerprint density at radius 1 is 0.939 bits per heavy atom. The van der Waals surface area contributed by atoms with Crippen molar-refractivity contribution >= 4 is 34.1 Å². The van der Waals surface area contributed by atoms with Crippen LogP contribution < -0.4 is 16.0 Å². The molecule has 11 heteroatoms. The van der Waals surface area contributed by atoms with Gasteiger partial charge >= 0.3 is 0 Å². The van der Waals surface area contributed by atoms with E-state index in [1.54, 1.807) is 35.9 Å². The van der Waals surface area contributed by atoms with Gasteiger partial charge in [0.25, 0.3) is 0 Å². The minimum Gasteiger partial charge on any atom is -0.325 e. The monoisotopic (exact) mass is 460 g/mol. The Hall–Kier alpha value is -3.54. The highest BCUT2D eigenvalue weighted by molar-refractivity contribution is 7.13. The smallest absolute Gasteiger partial charge is 0.230 e. The fourth-order valence-corrected chi connectivity index (χ4v) is 4.17. The van der Waals surface area contributed by atoms with Crippen LogP contribution in [0.15, 0.2) is 48.1 Å². The summed E-state index contributed by atoms with van der Waals surface area (Å²) in [6.07, 6.45) is 3.39. The van der Waals surface area contributed by atoms with Gasteiger partial charge in [-0.15, -0.1) is 11.3 Å². The summed E-state index contributed by atoms with van der Waals surface area (Å²) in [5, 5.41) is 12.6. The second-order valence-corrected chi connectivity index (χ2v) is 8.47. The number of nitrogens with one attached hydrogen (secondary N) is 3. The van der Waals surface area contributed by atoms with E-state index in [0.717, 1.165) is 54.9 Å². The van der Waals surface area contributed by atoms with Gasteiger partial charge < -0.3 is 10.6 Å². The van der Waals surface area contributed by atoms with Crippen LogP contribution >= 0.6 is 11.3 Å². The Morgan fingerprint density at radius 3 is 2.61 bits per heavy atom. The molecule has 0 radical (unpaired) electrons. The van der Waals surface area contributed by atoms with Crippen molar-refractivity contribution in [3.05, 3.63) is 59.5 Å². The van der Waals surface area contributed by atoms with Gasteiger partial charge in [0.2, 0.25) is 5.95 Å². The highest BCUT2D eigenvalue weighted by Crippen LogP contribution is 2.22. The van der Waals surface area contributed by atoms with Crippen LogP contribution in [-0.4, -0.2) is 61.0 Å². The van der Waals surface area contributed by atoms with Crippen LogP contribution in [0, 0.1) is 6.92 Å². The van der Waals surface area contributed by atoms with E-state index in [2.05, 4.69) is 56.1 Å². The van der Waals surface area contributed by atoms with E-state index in [1.165, 1.54) is 0 Å². The molecule has 4 aromatic heterocycles. The predicted octanol–water partition coefficient (Wildman–Crippen LogP) is 2.99. The average Bonchev–Trinajstić information content (AvgIpc) is 3.27. The molecule has 1 fully saturated rings. The molecule has 1 aliphatic rings. The van der Waals surface area contributed by atoms with Gasteiger partial charge in [0.1, 0.15) is 17.3 Å². The van der Waals surface area contributed by atoms with Gasteiger partial charge in [0, 0.05) is 56.2 Å². The Labute approximate surface area is 195 Å². The van der Waals surface area contributed by atoms with Crippen molar-refractivity contribution in [2.45, 2.75) is 13.5 Å². The Balaban J connectivity index is 1.25. The number of hydrogen-bond acceptors (Lipinski definition) is 11. The predicted molar refractivity (Wildman–Crippen MR) is 129 cm³/mol. The zero-order chi connectivity index (χ0) is 22.5. The van der Waals surface area contributed by atoms with Gasteiger partial charge in [0.05, 0.1) is 5.69 Å². The molecule has 5 rings (SSSR count). The lowest BCUT2D eigenvalue weighted by Crippen LogP contribution is -2.42. The van der Waals surface area contributed by atoms with E-state index in [0.29, 0.717) is 23.4 Å². The van der Waals surface area contributed by atoms with E-state index in [1.807, 2.05) is 25.1 Å². The maximum atomic E-state index is 4.68. The van der Waals surface area contributed by atoms with Crippen molar-refractivity contribution in [3.63, 3.8) is 0 Å². The van der Waals surface area contributed by atoms with Gasteiger partial charge in [-0.2, -0.15) is 4.98 Å². The number of aryl methyl sites for hydroxylation is 1. The van der Waals surface area contributed by atoms with E-state index in [-0.39, 0.29) is 0 Å². The molecule has 0 aromatic carbocycles. The van der Waals surface area contributed by atoms with Crippen LogP contribution in [0.25, 0.3) is 11.5 Å². The van der Waals surface area contributed by atoms with Crippen LogP contribution in [0.1, 0.15) is 11.4 Å². The Morgan fingerprint density at radius 2 is 1.76 bits per heavy atom. The molecule has 1 aliphatic heterocycles. The average molecular weight is 461 g/mol. The summed E-state index contributed by atoms with van der Waals surface area (Å²) in [7, 11) is 0. The summed E-state index contributed by atoms with van der Waals surface area (Å²) in [5.41, 5.74) is 2.69. The molecule has 33 heavy (non-hydrogen) atoms. The lowest BCUT2D eigenvalue weighted by molar-refractivity contribution is 0.231. The first-order valence-electron chi connectivity index (χ1n) is 10.7. The number of piperazine rings is 1. The zero-order valence-electron chi connectivity index (χ0n) is 18.2. The molecule has 0 unspecified atom stereocenters. The molecule has 4 aromatic rings.